The Morgan fingerprint density at radius 1 is 1.70 bits per heavy atom. The molecule has 110 valence electrons. The molecule has 0 fully saturated rings. The molecule has 1 aliphatic heterocycles. The lowest BCUT2D eigenvalue weighted by Gasteiger charge is -2.14. The van der Waals surface area contributed by atoms with Crippen LogP contribution in [-0.2, 0) is 4.74 Å². The Morgan fingerprint density at radius 2 is 2.45 bits per heavy atom. The van der Waals surface area contributed by atoms with E-state index in [1.54, 1.807) is 13.2 Å². The minimum Gasteiger partial charge on any atom is -0.491 e. The molecule has 5 nitrogen and oxygen atoms in total. The zero-order chi connectivity index (χ0) is 14.7. The molecule has 2 rings (SSSR count). The van der Waals surface area contributed by atoms with E-state index < -0.39 is 0 Å². The molecule has 20 heavy (non-hydrogen) atoms. The number of nitrogens with two attached hydrogens (primary N) is 1. The van der Waals surface area contributed by atoms with E-state index in [9.17, 15) is 4.39 Å². The molecule has 1 aromatic rings. The maximum absolute atomic E-state index is 13.4. The van der Waals surface area contributed by atoms with Crippen molar-refractivity contribution < 1.29 is 13.9 Å². The monoisotopic (exact) mass is 345 g/mol. The van der Waals surface area contributed by atoms with Crippen LogP contribution in [0.2, 0.25) is 0 Å². The largest absolute Gasteiger partial charge is 0.491 e. The van der Waals surface area contributed by atoms with Gasteiger partial charge in [0.05, 0.1) is 11.1 Å². The third-order valence-electron chi connectivity index (χ3n) is 2.91. The average molecular weight is 346 g/mol. The predicted octanol–water partition coefficient (Wildman–Crippen LogP) is 1.96. The zero-order valence-electron chi connectivity index (χ0n) is 11.3. The summed E-state index contributed by atoms with van der Waals surface area (Å²) in [5.74, 6) is 0.474. The van der Waals surface area contributed by atoms with Crippen molar-refractivity contribution in [1.29, 1.82) is 0 Å². The summed E-state index contributed by atoms with van der Waals surface area (Å²) in [6.07, 6.45) is 0. The fourth-order valence-electron chi connectivity index (χ4n) is 2.04. The Morgan fingerprint density at radius 3 is 3.15 bits per heavy atom. The number of guanidine groups is 1. The van der Waals surface area contributed by atoms with Crippen LogP contribution < -0.4 is 15.8 Å². The number of ether oxygens (including phenoxy) is 2. The van der Waals surface area contributed by atoms with E-state index in [1.807, 2.05) is 6.92 Å². The van der Waals surface area contributed by atoms with Crippen LogP contribution in [0.25, 0.3) is 0 Å². The Hall–Kier alpha value is -1.34. The number of fused-ring (bicyclic) bond motifs is 1. The summed E-state index contributed by atoms with van der Waals surface area (Å²) >= 11 is 3.16. The van der Waals surface area contributed by atoms with Crippen molar-refractivity contribution in [3.8, 4) is 5.75 Å². The van der Waals surface area contributed by atoms with Gasteiger partial charge in [0, 0.05) is 24.8 Å². The second kappa shape index (κ2) is 6.41. The number of hydrogen-bond acceptors (Lipinski definition) is 3. The predicted molar refractivity (Wildman–Crippen MR) is 78.4 cm³/mol. The molecule has 0 radical (unpaired) electrons. The number of hydrogen-bond donors (Lipinski definition) is 2. The van der Waals surface area contributed by atoms with Crippen LogP contribution in [0, 0.1) is 5.82 Å². The first-order chi connectivity index (χ1) is 9.51. The van der Waals surface area contributed by atoms with Crippen LogP contribution in [-0.4, -0.2) is 32.3 Å². The highest BCUT2D eigenvalue weighted by molar-refractivity contribution is 9.10. The first-order valence-corrected chi connectivity index (χ1v) is 7.01. The molecule has 0 aromatic heterocycles. The number of rotatable bonds is 4. The highest BCUT2D eigenvalue weighted by atomic mass is 79.9. The van der Waals surface area contributed by atoms with Gasteiger partial charge in [-0.1, -0.05) is 0 Å². The van der Waals surface area contributed by atoms with Crippen molar-refractivity contribution in [3.63, 3.8) is 0 Å². The van der Waals surface area contributed by atoms with Gasteiger partial charge in [-0.25, -0.2) is 9.38 Å². The topological polar surface area (TPSA) is 68.9 Å². The highest BCUT2D eigenvalue weighted by Crippen LogP contribution is 2.37. The van der Waals surface area contributed by atoms with E-state index in [0.717, 1.165) is 5.56 Å². The van der Waals surface area contributed by atoms with Gasteiger partial charge in [0.25, 0.3) is 0 Å². The second-order valence-corrected chi connectivity index (χ2v) is 5.50. The highest BCUT2D eigenvalue weighted by Gasteiger charge is 2.25. The summed E-state index contributed by atoms with van der Waals surface area (Å²) in [5, 5.41) is 3.03. The lowest BCUT2D eigenvalue weighted by Crippen LogP contribution is -2.41. The summed E-state index contributed by atoms with van der Waals surface area (Å²) in [6, 6.07) is 2.86. The number of halogens is 2. The quantitative estimate of drug-likeness (QED) is 0.646. The van der Waals surface area contributed by atoms with Crippen molar-refractivity contribution in [2.45, 2.75) is 19.0 Å². The third-order valence-corrected chi connectivity index (χ3v) is 3.52. The van der Waals surface area contributed by atoms with Crippen LogP contribution >= 0.6 is 15.9 Å². The van der Waals surface area contributed by atoms with Gasteiger partial charge in [-0.15, -0.1) is 0 Å². The average Bonchev–Trinajstić information content (AvgIpc) is 2.72. The maximum atomic E-state index is 13.4. The molecule has 0 aliphatic carbocycles. The van der Waals surface area contributed by atoms with Crippen molar-refractivity contribution in [2.75, 3.05) is 20.3 Å². The van der Waals surface area contributed by atoms with E-state index in [2.05, 4.69) is 26.2 Å². The molecule has 0 spiro atoms. The van der Waals surface area contributed by atoms with Crippen LogP contribution in [0.1, 0.15) is 18.5 Å². The molecule has 1 heterocycles. The zero-order valence-corrected chi connectivity index (χ0v) is 12.9. The molecule has 1 aliphatic rings. The molecule has 1 aromatic carbocycles. The summed E-state index contributed by atoms with van der Waals surface area (Å²) in [7, 11) is 1.62. The van der Waals surface area contributed by atoms with E-state index in [4.69, 9.17) is 15.2 Å². The van der Waals surface area contributed by atoms with E-state index in [0.29, 0.717) is 29.4 Å². The second-order valence-electron chi connectivity index (χ2n) is 4.65. The molecule has 2 atom stereocenters. The van der Waals surface area contributed by atoms with Gasteiger partial charge < -0.3 is 20.5 Å². The van der Waals surface area contributed by atoms with Gasteiger partial charge in [0.15, 0.2) is 5.96 Å². The Bertz CT molecular complexity index is 525. The van der Waals surface area contributed by atoms with Crippen LogP contribution in [0.5, 0.6) is 5.75 Å². The SMILES string of the molecule is COCC(C)NC(N)=NC1COc2cc(F)c(Br)cc21. The molecule has 3 N–H and O–H groups in total. The lowest BCUT2D eigenvalue weighted by molar-refractivity contribution is 0.179. The van der Waals surface area contributed by atoms with E-state index in [-0.39, 0.29) is 17.9 Å². The fourth-order valence-corrected chi connectivity index (χ4v) is 2.41. The van der Waals surface area contributed by atoms with E-state index in [1.165, 1.54) is 6.07 Å². The lowest BCUT2D eigenvalue weighted by atomic mass is 10.1. The van der Waals surface area contributed by atoms with Crippen molar-refractivity contribution in [3.05, 3.63) is 28.0 Å². The summed E-state index contributed by atoms with van der Waals surface area (Å²) in [6.45, 7) is 2.83. The van der Waals surface area contributed by atoms with Gasteiger partial charge in [0.1, 0.15) is 24.2 Å². The first kappa shape index (κ1) is 15.1. The molecule has 0 saturated carbocycles. The van der Waals surface area contributed by atoms with Gasteiger partial charge in [-0.3, -0.25) is 0 Å². The number of methoxy groups -OCH3 is 1. The standard InChI is InChI=1S/C13H17BrFN3O2/c1-7(5-19-2)17-13(16)18-11-6-20-12-4-10(15)9(14)3-8(11)12/h3-4,7,11H,5-6H2,1-2H3,(H3,16,17,18). The molecular formula is C13H17BrFN3O2. The number of nitrogens with zero attached hydrogens (tertiary/aromatic N) is 1. The van der Waals surface area contributed by atoms with Crippen LogP contribution in [0.15, 0.2) is 21.6 Å². The van der Waals surface area contributed by atoms with Crippen LogP contribution in [0.4, 0.5) is 4.39 Å². The normalized spacial score (nSPS) is 19.4. The minimum atomic E-state index is -0.354. The summed E-state index contributed by atoms with van der Waals surface area (Å²) in [4.78, 5) is 4.37. The van der Waals surface area contributed by atoms with Gasteiger partial charge >= 0.3 is 0 Å². The molecule has 0 bridgehead atoms. The first-order valence-electron chi connectivity index (χ1n) is 6.21. The van der Waals surface area contributed by atoms with Crippen molar-refractivity contribution >= 4 is 21.9 Å². The minimum absolute atomic E-state index is 0.0606. The molecule has 0 saturated heterocycles. The maximum Gasteiger partial charge on any atom is 0.189 e. The van der Waals surface area contributed by atoms with E-state index >= 15 is 0 Å². The van der Waals surface area contributed by atoms with Gasteiger partial charge in [-0.2, -0.15) is 0 Å². The molecular weight excluding hydrogens is 329 g/mol. The number of nitrogens with one attached hydrogen (secondary N) is 1. The molecule has 0 amide bonds. The summed E-state index contributed by atoms with van der Waals surface area (Å²) < 4.78 is 24.2. The van der Waals surface area contributed by atoms with Crippen LogP contribution in [0.3, 0.4) is 0 Å². The van der Waals surface area contributed by atoms with Crippen molar-refractivity contribution in [2.24, 2.45) is 10.7 Å². The Labute approximate surface area is 125 Å². The number of aliphatic imine (C=N–C) groups is 1. The molecule has 7 heteroatoms. The van der Waals surface area contributed by atoms with Gasteiger partial charge in [-0.05, 0) is 28.9 Å². The smallest absolute Gasteiger partial charge is 0.189 e. The third kappa shape index (κ3) is 3.40. The van der Waals surface area contributed by atoms with Crippen molar-refractivity contribution in [1.82, 2.24) is 5.32 Å². The van der Waals surface area contributed by atoms with Gasteiger partial charge in [0.2, 0.25) is 0 Å². The summed E-state index contributed by atoms with van der Waals surface area (Å²) in [5.41, 5.74) is 6.67. The Kier molecular flexibility index (Phi) is 4.82. The Balaban J connectivity index is 2.11. The number of benzene rings is 1. The fraction of sp³-hybridized carbons (Fsp3) is 0.462. The molecule has 2 unspecified atom stereocenters.